The molecule has 0 radical (unpaired) electrons. The average Bonchev–Trinajstić information content (AvgIpc) is 2.73. The van der Waals surface area contributed by atoms with Crippen LogP contribution in [-0.4, -0.2) is 51.5 Å². The molecular weight excluding hydrogens is 435 g/mol. The molecule has 0 aromatic heterocycles. The van der Waals surface area contributed by atoms with Crippen molar-refractivity contribution in [3.63, 3.8) is 0 Å². The number of amides is 1. The van der Waals surface area contributed by atoms with E-state index in [4.69, 9.17) is 27.9 Å². The first kappa shape index (κ1) is 22.1. The molecule has 1 fully saturated rings. The molecule has 1 heterocycles. The third-order valence-electron chi connectivity index (χ3n) is 4.79. The Morgan fingerprint density at radius 1 is 1.14 bits per heavy atom. The summed E-state index contributed by atoms with van der Waals surface area (Å²) in [4.78, 5) is 12.6. The van der Waals surface area contributed by atoms with E-state index < -0.39 is 15.9 Å². The Kier molecular flexibility index (Phi) is 7.19. The van der Waals surface area contributed by atoms with Crippen LogP contribution in [0.25, 0.3) is 0 Å². The van der Waals surface area contributed by atoms with Crippen molar-refractivity contribution < 1.29 is 17.9 Å². The third-order valence-corrected chi connectivity index (χ3v) is 7.47. The number of carbonyl (C=O) groups is 1. The number of hydrogen-bond acceptors (Lipinski definition) is 4. The van der Waals surface area contributed by atoms with Gasteiger partial charge in [0, 0.05) is 19.6 Å². The largest absolute Gasteiger partial charge is 0.379 e. The van der Waals surface area contributed by atoms with Gasteiger partial charge in [-0.15, -0.1) is 0 Å². The van der Waals surface area contributed by atoms with Crippen molar-refractivity contribution in [2.75, 3.05) is 32.8 Å². The number of nitrogens with zero attached hydrogens (tertiary/aromatic N) is 1. The molecule has 29 heavy (non-hydrogen) atoms. The molecule has 6 nitrogen and oxygen atoms in total. The van der Waals surface area contributed by atoms with E-state index >= 15 is 0 Å². The maximum Gasteiger partial charge on any atom is 0.252 e. The van der Waals surface area contributed by atoms with Crippen LogP contribution in [0.1, 0.15) is 28.8 Å². The van der Waals surface area contributed by atoms with Gasteiger partial charge in [-0.3, -0.25) is 4.79 Å². The number of halogens is 2. The molecule has 1 atom stereocenters. The highest BCUT2D eigenvalue weighted by molar-refractivity contribution is 7.89. The number of morpholine rings is 1. The van der Waals surface area contributed by atoms with Gasteiger partial charge < -0.3 is 10.1 Å². The van der Waals surface area contributed by atoms with Crippen molar-refractivity contribution in [3.8, 4) is 0 Å². The minimum atomic E-state index is -3.86. The smallest absolute Gasteiger partial charge is 0.252 e. The Morgan fingerprint density at radius 3 is 2.45 bits per heavy atom. The van der Waals surface area contributed by atoms with Crippen molar-refractivity contribution in [3.05, 3.63) is 63.6 Å². The van der Waals surface area contributed by atoms with E-state index in [0.717, 1.165) is 5.56 Å². The molecule has 0 spiro atoms. The Balaban J connectivity index is 1.80. The minimum Gasteiger partial charge on any atom is -0.379 e. The number of carbonyl (C=O) groups excluding carboxylic acids is 1. The van der Waals surface area contributed by atoms with Gasteiger partial charge in [-0.2, -0.15) is 4.31 Å². The normalized spacial score (nSPS) is 16.4. The number of ether oxygens (including phenoxy) is 1. The summed E-state index contributed by atoms with van der Waals surface area (Å²) in [7, 11) is -3.86. The summed E-state index contributed by atoms with van der Waals surface area (Å²) in [6.07, 6.45) is 0. The van der Waals surface area contributed by atoms with Crippen LogP contribution in [0.4, 0.5) is 0 Å². The lowest BCUT2D eigenvalue weighted by molar-refractivity contribution is 0.0730. The fraction of sp³-hybridized carbons (Fsp3) is 0.350. The highest BCUT2D eigenvalue weighted by Crippen LogP contribution is 2.31. The van der Waals surface area contributed by atoms with Gasteiger partial charge in [0.1, 0.15) is 4.90 Å². The lowest BCUT2D eigenvalue weighted by Crippen LogP contribution is -2.40. The van der Waals surface area contributed by atoms with Crippen LogP contribution in [0.5, 0.6) is 0 Å². The first-order valence-electron chi connectivity index (χ1n) is 9.21. The molecule has 3 rings (SSSR count). The Labute approximate surface area is 180 Å². The predicted molar refractivity (Wildman–Crippen MR) is 113 cm³/mol. The summed E-state index contributed by atoms with van der Waals surface area (Å²) in [6, 6.07) is 12.3. The molecule has 0 aliphatic carbocycles. The van der Waals surface area contributed by atoms with Crippen LogP contribution in [0.15, 0.2) is 47.4 Å². The summed E-state index contributed by atoms with van der Waals surface area (Å²) in [6.45, 7) is 3.47. The van der Waals surface area contributed by atoms with Gasteiger partial charge in [-0.25, -0.2) is 8.42 Å². The summed E-state index contributed by atoms with van der Waals surface area (Å²) in [5, 5.41) is 2.90. The second-order valence-corrected chi connectivity index (χ2v) is 9.52. The fourth-order valence-electron chi connectivity index (χ4n) is 3.07. The van der Waals surface area contributed by atoms with Gasteiger partial charge in [-0.05, 0) is 23.6 Å². The van der Waals surface area contributed by atoms with Gasteiger partial charge in [0.05, 0.1) is 28.8 Å². The summed E-state index contributed by atoms with van der Waals surface area (Å²) in [5.74, 6) is -0.365. The van der Waals surface area contributed by atoms with E-state index in [0.29, 0.717) is 19.8 Å². The first-order valence-corrected chi connectivity index (χ1v) is 11.4. The van der Waals surface area contributed by atoms with Gasteiger partial charge in [0.25, 0.3) is 5.91 Å². The number of hydrogen-bond donors (Lipinski definition) is 1. The lowest BCUT2D eigenvalue weighted by atomic mass is 10.0. The molecule has 0 bridgehead atoms. The second kappa shape index (κ2) is 9.45. The SMILES string of the molecule is CC(CNC(=O)c1cc(S(=O)(=O)N2CCOCC2)c(Cl)cc1Cl)c1ccccc1. The van der Waals surface area contributed by atoms with E-state index in [1.807, 2.05) is 37.3 Å². The number of benzene rings is 2. The van der Waals surface area contributed by atoms with E-state index in [1.54, 1.807) is 0 Å². The van der Waals surface area contributed by atoms with E-state index in [9.17, 15) is 13.2 Å². The molecule has 156 valence electrons. The molecule has 1 unspecified atom stereocenters. The van der Waals surface area contributed by atoms with Crippen LogP contribution >= 0.6 is 23.2 Å². The van der Waals surface area contributed by atoms with E-state index in [-0.39, 0.29) is 39.5 Å². The highest BCUT2D eigenvalue weighted by atomic mass is 35.5. The second-order valence-electron chi connectivity index (χ2n) is 6.80. The molecule has 1 aliphatic rings. The zero-order valence-corrected chi connectivity index (χ0v) is 18.2. The van der Waals surface area contributed by atoms with Crippen molar-refractivity contribution in [2.24, 2.45) is 0 Å². The molecule has 1 amide bonds. The maximum absolute atomic E-state index is 13.0. The van der Waals surface area contributed by atoms with Crippen molar-refractivity contribution in [2.45, 2.75) is 17.7 Å². The Bertz CT molecular complexity index is 977. The topological polar surface area (TPSA) is 75.7 Å². The molecule has 1 N–H and O–H groups in total. The van der Waals surface area contributed by atoms with Crippen molar-refractivity contribution in [1.29, 1.82) is 0 Å². The van der Waals surface area contributed by atoms with Crippen LogP contribution in [-0.2, 0) is 14.8 Å². The van der Waals surface area contributed by atoms with Crippen molar-refractivity contribution in [1.82, 2.24) is 9.62 Å². The molecule has 1 saturated heterocycles. The zero-order chi connectivity index (χ0) is 21.0. The van der Waals surface area contributed by atoms with Gasteiger partial charge in [0.2, 0.25) is 10.0 Å². The van der Waals surface area contributed by atoms with Gasteiger partial charge in [-0.1, -0.05) is 60.5 Å². The maximum atomic E-state index is 13.0. The van der Waals surface area contributed by atoms with Crippen molar-refractivity contribution >= 4 is 39.1 Å². The quantitative estimate of drug-likeness (QED) is 0.720. The summed E-state index contributed by atoms with van der Waals surface area (Å²) in [5.41, 5.74) is 1.16. The summed E-state index contributed by atoms with van der Waals surface area (Å²) >= 11 is 12.4. The van der Waals surface area contributed by atoms with E-state index in [1.165, 1.54) is 16.4 Å². The third kappa shape index (κ3) is 5.10. The van der Waals surface area contributed by atoms with Crippen LogP contribution in [0.2, 0.25) is 10.0 Å². The van der Waals surface area contributed by atoms with E-state index in [2.05, 4.69) is 5.32 Å². The molecule has 1 aliphatic heterocycles. The highest BCUT2D eigenvalue weighted by Gasteiger charge is 2.30. The number of sulfonamides is 1. The minimum absolute atomic E-state index is 0.0179. The zero-order valence-electron chi connectivity index (χ0n) is 15.9. The monoisotopic (exact) mass is 456 g/mol. The average molecular weight is 457 g/mol. The molecule has 2 aromatic rings. The predicted octanol–water partition coefficient (Wildman–Crippen LogP) is 3.55. The molecular formula is C20H22Cl2N2O4S. The number of nitrogens with one attached hydrogen (secondary N) is 1. The first-order chi connectivity index (χ1) is 13.8. The summed E-state index contributed by atoms with van der Waals surface area (Å²) < 4.78 is 32.4. The van der Waals surface area contributed by atoms with Crippen LogP contribution in [0, 0.1) is 0 Å². The standard InChI is InChI=1S/C20H22Cl2N2O4S/c1-14(15-5-3-2-4-6-15)13-23-20(25)16-11-19(18(22)12-17(16)21)29(26,27)24-7-9-28-10-8-24/h2-6,11-12,14H,7-10,13H2,1H3,(H,23,25). The Hall–Kier alpha value is -1.64. The number of rotatable bonds is 6. The van der Waals surface area contributed by atoms with Gasteiger partial charge in [0.15, 0.2) is 0 Å². The Morgan fingerprint density at radius 2 is 1.79 bits per heavy atom. The van der Waals surface area contributed by atoms with Crippen LogP contribution in [0.3, 0.4) is 0 Å². The van der Waals surface area contributed by atoms with Crippen LogP contribution < -0.4 is 5.32 Å². The molecule has 9 heteroatoms. The molecule has 0 saturated carbocycles. The lowest BCUT2D eigenvalue weighted by Gasteiger charge is -2.26. The fourth-order valence-corrected chi connectivity index (χ4v) is 5.31. The van der Waals surface area contributed by atoms with Gasteiger partial charge >= 0.3 is 0 Å². The molecule has 2 aromatic carbocycles.